The molecule has 4 rings (SSSR count). The van der Waals surface area contributed by atoms with Crippen molar-refractivity contribution in [2.75, 3.05) is 43.9 Å². The number of carbonyl (C=O) groups excluding carboxylic acids is 2. The van der Waals surface area contributed by atoms with Crippen molar-refractivity contribution >= 4 is 29.1 Å². The van der Waals surface area contributed by atoms with E-state index in [9.17, 15) is 9.59 Å². The number of hydrogen-bond donors (Lipinski definition) is 0. The quantitative estimate of drug-likeness (QED) is 0.815. The van der Waals surface area contributed by atoms with Crippen molar-refractivity contribution < 1.29 is 14.3 Å². The number of ether oxygens (including phenoxy) is 1. The van der Waals surface area contributed by atoms with Gasteiger partial charge in [0.1, 0.15) is 5.75 Å². The lowest BCUT2D eigenvalue weighted by molar-refractivity contribution is 0.0743. The Morgan fingerprint density at radius 1 is 1.04 bits per heavy atom. The summed E-state index contributed by atoms with van der Waals surface area (Å²) in [5.41, 5.74) is 2.51. The van der Waals surface area contributed by atoms with Crippen LogP contribution in [0.25, 0.3) is 0 Å². The van der Waals surface area contributed by atoms with Crippen LogP contribution in [0.4, 0.5) is 5.69 Å². The number of thioether (sulfide) groups is 1. The van der Waals surface area contributed by atoms with Gasteiger partial charge in [-0.1, -0.05) is 12.1 Å². The molecule has 2 aromatic carbocycles. The summed E-state index contributed by atoms with van der Waals surface area (Å²) in [6.45, 7) is 2.93. The number of carbonyl (C=O) groups is 2. The van der Waals surface area contributed by atoms with Crippen molar-refractivity contribution in [1.29, 1.82) is 0 Å². The summed E-state index contributed by atoms with van der Waals surface area (Å²) in [5.74, 6) is 1.76. The average molecular weight is 382 g/mol. The van der Waals surface area contributed by atoms with Crippen LogP contribution in [0.5, 0.6) is 5.75 Å². The van der Waals surface area contributed by atoms with Crippen LogP contribution in [0.15, 0.2) is 47.4 Å². The van der Waals surface area contributed by atoms with Crippen molar-refractivity contribution in [2.45, 2.75) is 11.3 Å². The maximum absolute atomic E-state index is 13.1. The molecule has 27 heavy (non-hydrogen) atoms. The highest BCUT2D eigenvalue weighted by Crippen LogP contribution is 2.34. The van der Waals surface area contributed by atoms with E-state index in [4.69, 9.17) is 4.74 Å². The second-order valence-corrected chi connectivity index (χ2v) is 7.79. The monoisotopic (exact) mass is 382 g/mol. The molecule has 1 saturated heterocycles. The van der Waals surface area contributed by atoms with Gasteiger partial charge in [0, 0.05) is 54.5 Å². The summed E-state index contributed by atoms with van der Waals surface area (Å²) in [5, 5.41) is 0. The normalized spacial score (nSPS) is 16.9. The first-order valence-corrected chi connectivity index (χ1v) is 10.1. The molecule has 0 bridgehead atoms. The third kappa shape index (κ3) is 3.54. The highest BCUT2D eigenvalue weighted by Gasteiger charge is 2.27. The molecule has 1 amide bonds. The number of benzene rings is 2. The number of hydrogen-bond acceptors (Lipinski definition) is 5. The zero-order chi connectivity index (χ0) is 18.8. The zero-order valence-electron chi connectivity index (χ0n) is 15.3. The van der Waals surface area contributed by atoms with Crippen LogP contribution in [0.1, 0.15) is 27.1 Å². The Hall–Kier alpha value is -2.47. The molecule has 0 spiro atoms. The maximum Gasteiger partial charge on any atom is 0.255 e. The fraction of sp³-hybridized carbons (Fsp3) is 0.333. The molecule has 0 N–H and O–H groups in total. The number of nitrogens with zero attached hydrogens (tertiary/aromatic N) is 2. The van der Waals surface area contributed by atoms with E-state index in [2.05, 4.69) is 4.90 Å². The SMILES string of the molecule is COc1ccc(N2CCN(C(=O)c3cccc4c3SCCC4=O)CC2)cc1. The molecule has 0 aromatic heterocycles. The van der Waals surface area contributed by atoms with Gasteiger partial charge in [0.2, 0.25) is 0 Å². The van der Waals surface area contributed by atoms with E-state index in [1.54, 1.807) is 18.9 Å². The van der Waals surface area contributed by atoms with Crippen LogP contribution in [-0.4, -0.2) is 55.6 Å². The van der Waals surface area contributed by atoms with Crippen LogP contribution < -0.4 is 9.64 Å². The number of rotatable bonds is 3. The lowest BCUT2D eigenvalue weighted by Crippen LogP contribution is -2.49. The molecular formula is C21H22N2O3S. The number of methoxy groups -OCH3 is 1. The molecule has 2 aromatic rings. The maximum atomic E-state index is 13.1. The number of anilines is 1. The molecule has 0 aliphatic carbocycles. The van der Waals surface area contributed by atoms with E-state index in [0.717, 1.165) is 35.2 Å². The lowest BCUT2D eigenvalue weighted by Gasteiger charge is -2.36. The molecule has 6 heteroatoms. The minimum Gasteiger partial charge on any atom is -0.497 e. The molecule has 0 saturated carbocycles. The second-order valence-electron chi connectivity index (χ2n) is 6.68. The minimum atomic E-state index is 0.0310. The molecule has 2 heterocycles. The molecular weight excluding hydrogens is 360 g/mol. The van der Waals surface area contributed by atoms with Gasteiger partial charge in [0.15, 0.2) is 5.78 Å². The Morgan fingerprint density at radius 3 is 2.48 bits per heavy atom. The van der Waals surface area contributed by atoms with Gasteiger partial charge < -0.3 is 14.5 Å². The van der Waals surface area contributed by atoms with Crippen LogP contribution in [0.3, 0.4) is 0 Å². The number of Topliss-reactive ketones (excluding diaryl/α,β-unsaturated/α-hetero) is 1. The van der Waals surface area contributed by atoms with Gasteiger partial charge >= 0.3 is 0 Å². The first-order valence-electron chi connectivity index (χ1n) is 9.14. The number of piperazine rings is 1. The van der Waals surface area contributed by atoms with Gasteiger partial charge in [0.25, 0.3) is 5.91 Å². The van der Waals surface area contributed by atoms with Crippen LogP contribution in [0, 0.1) is 0 Å². The molecule has 0 unspecified atom stereocenters. The van der Waals surface area contributed by atoms with Crippen LogP contribution >= 0.6 is 11.8 Å². The second kappa shape index (κ2) is 7.64. The molecule has 2 aliphatic rings. The molecule has 0 atom stereocenters. The summed E-state index contributed by atoms with van der Waals surface area (Å²) in [6, 6.07) is 13.5. The topological polar surface area (TPSA) is 49.9 Å². The van der Waals surface area contributed by atoms with Crippen LogP contribution in [0.2, 0.25) is 0 Å². The van der Waals surface area contributed by atoms with Crippen molar-refractivity contribution in [3.05, 3.63) is 53.6 Å². The Bertz CT molecular complexity index is 858. The standard InChI is InChI=1S/C21H22N2O3S/c1-26-16-7-5-15(6-8-16)22-10-12-23(13-11-22)21(25)18-4-2-3-17-19(24)9-14-27-20(17)18/h2-8H,9-14H2,1H3. The Kier molecular flexibility index (Phi) is 5.07. The number of amides is 1. The van der Waals surface area contributed by atoms with Crippen molar-refractivity contribution in [3.63, 3.8) is 0 Å². The van der Waals surface area contributed by atoms with Crippen molar-refractivity contribution in [1.82, 2.24) is 4.90 Å². The summed E-state index contributed by atoms with van der Waals surface area (Å²) >= 11 is 1.62. The predicted octanol–water partition coefficient (Wildman–Crippen LogP) is 3.34. The fourth-order valence-corrected chi connectivity index (χ4v) is 4.73. The van der Waals surface area contributed by atoms with E-state index in [1.165, 1.54) is 0 Å². The van der Waals surface area contributed by atoms with Gasteiger partial charge in [-0.3, -0.25) is 9.59 Å². The fourth-order valence-electron chi connectivity index (χ4n) is 3.59. The summed E-state index contributed by atoms with van der Waals surface area (Å²) in [6.07, 6.45) is 0.551. The van der Waals surface area contributed by atoms with Crippen molar-refractivity contribution in [2.24, 2.45) is 0 Å². The summed E-state index contributed by atoms with van der Waals surface area (Å²) in [7, 11) is 1.66. The van der Waals surface area contributed by atoms with E-state index in [1.807, 2.05) is 47.4 Å². The average Bonchev–Trinajstić information content (AvgIpc) is 2.73. The first-order chi connectivity index (χ1) is 13.2. The zero-order valence-corrected chi connectivity index (χ0v) is 16.1. The molecule has 2 aliphatic heterocycles. The van der Waals surface area contributed by atoms with E-state index >= 15 is 0 Å². The van der Waals surface area contributed by atoms with Crippen LogP contribution in [-0.2, 0) is 0 Å². The smallest absolute Gasteiger partial charge is 0.255 e. The third-order valence-electron chi connectivity index (χ3n) is 5.13. The van der Waals surface area contributed by atoms with E-state index < -0.39 is 0 Å². The van der Waals surface area contributed by atoms with E-state index in [-0.39, 0.29) is 11.7 Å². The number of fused-ring (bicyclic) bond motifs is 1. The Morgan fingerprint density at radius 2 is 1.78 bits per heavy atom. The molecule has 0 radical (unpaired) electrons. The van der Waals surface area contributed by atoms with Gasteiger partial charge in [-0.2, -0.15) is 0 Å². The summed E-state index contributed by atoms with van der Waals surface area (Å²) < 4.78 is 5.21. The van der Waals surface area contributed by atoms with E-state index in [0.29, 0.717) is 30.6 Å². The van der Waals surface area contributed by atoms with Gasteiger partial charge in [-0.15, -0.1) is 11.8 Å². The third-order valence-corrected chi connectivity index (χ3v) is 6.26. The highest BCUT2D eigenvalue weighted by atomic mass is 32.2. The summed E-state index contributed by atoms with van der Waals surface area (Å²) in [4.78, 5) is 30.2. The Labute approximate surface area is 163 Å². The minimum absolute atomic E-state index is 0.0310. The van der Waals surface area contributed by atoms with Crippen molar-refractivity contribution in [3.8, 4) is 5.75 Å². The van der Waals surface area contributed by atoms with Gasteiger partial charge in [-0.05, 0) is 30.3 Å². The molecule has 1 fully saturated rings. The highest BCUT2D eigenvalue weighted by molar-refractivity contribution is 7.99. The lowest BCUT2D eigenvalue weighted by atomic mass is 10.0. The van der Waals surface area contributed by atoms with Gasteiger partial charge in [0.05, 0.1) is 12.7 Å². The van der Waals surface area contributed by atoms with Gasteiger partial charge in [-0.25, -0.2) is 0 Å². The molecule has 140 valence electrons. The first kappa shape index (κ1) is 17.9. The Balaban J connectivity index is 1.46. The number of ketones is 1. The molecule has 5 nitrogen and oxygen atoms in total. The predicted molar refractivity (Wildman–Crippen MR) is 107 cm³/mol. The largest absolute Gasteiger partial charge is 0.497 e.